The normalized spacial score (nSPS) is 19.8. The van der Waals surface area contributed by atoms with E-state index in [1.165, 1.54) is 24.1 Å². The van der Waals surface area contributed by atoms with E-state index in [1.54, 1.807) is 0 Å². The van der Waals surface area contributed by atoms with Crippen LogP contribution in [0.5, 0.6) is 0 Å². The Hall–Kier alpha value is -1.69. The maximum absolute atomic E-state index is 8.86. The van der Waals surface area contributed by atoms with Crippen molar-refractivity contribution in [3.63, 3.8) is 0 Å². The van der Waals surface area contributed by atoms with Crippen molar-refractivity contribution in [3.8, 4) is 6.07 Å². The number of nitriles is 1. The summed E-state index contributed by atoms with van der Waals surface area (Å²) in [5.41, 5.74) is 9.62. The highest BCUT2D eigenvalue weighted by Crippen LogP contribution is 2.50. The molecule has 1 aliphatic carbocycles. The topological polar surface area (TPSA) is 53.0 Å². The van der Waals surface area contributed by atoms with E-state index < -0.39 is 0 Å². The second-order valence-electron chi connectivity index (χ2n) is 5.39. The number of hydrogen-bond donors (Lipinski definition) is 1. The number of rotatable bonds is 3. The minimum atomic E-state index is 0.289. The van der Waals surface area contributed by atoms with Gasteiger partial charge in [0.25, 0.3) is 0 Å². The zero-order chi connectivity index (χ0) is 11.9. The predicted octanol–water partition coefficient (Wildman–Crippen LogP) is 2.33. The van der Waals surface area contributed by atoms with Crippen molar-refractivity contribution in [2.45, 2.75) is 25.7 Å². The minimum absolute atomic E-state index is 0.289. The molecule has 3 heteroatoms. The number of nitrogens with zero attached hydrogens (tertiary/aromatic N) is 2. The molecule has 2 aliphatic rings. The SMILES string of the molecule is N#CCC1(CN2CCc3cc(N)ccc32)CC1. The Kier molecular flexibility index (Phi) is 2.25. The lowest BCUT2D eigenvalue weighted by molar-refractivity contribution is 0.515. The average molecular weight is 227 g/mol. The number of anilines is 2. The molecule has 0 unspecified atom stereocenters. The second-order valence-corrected chi connectivity index (χ2v) is 5.39. The molecular weight excluding hydrogens is 210 g/mol. The van der Waals surface area contributed by atoms with Gasteiger partial charge in [-0.2, -0.15) is 5.26 Å². The molecule has 3 rings (SSSR count). The summed E-state index contributed by atoms with van der Waals surface area (Å²) >= 11 is 0. The van der Waals surface area contributed by atoms with Gasteiger partial charge in [0.1, 0.15) is 0 Å². The van der Waals surface area contributed by atoms with Gasteiger partial charge in [0.2, 0.25) is 0 Å². The number of nitrogens with two attached hydrogens (primary N) is 1. The third kappa shape index (κ3) is 1.84. The first-order valence-electron chi connectivity index (χ1n) is 6.23. The van der Waals surface area contributed by atoms with Crippen LogP contribution in [0.2, 0.25) is 0 Å². The molecule has 17 heavy (non-hydrogen) atoms. The third-order valence-electron chi connectivity index (χ3n) is 4.03. The third-order valence-corrected chi connectivity index (χ3v) is 4.03. The minimum Gasteiger partial charge on any atom is -0.399 e. The number of benzene rings is 1. The van der Waals surface area contributed by atoms with Crippen molar-refractivity contribution in [3.05, 3.63) is 23.8 Å². The summed E-state index contributed by atoms with van der Waals surface area (Å²) in [5, 5.41) is 8.86. The van der Waals surface area contributed by atoms with Crippen LogP contribution in [0.15, 0.2) is 18.2 Å². The molecule has 0 atom stereocenters. The fraction of sp³-hybridized carbons (Fsp3) is 0.500. The highest BCUT2D eigenvalue weighted by Gasteiger charge is 2.44. The lowest BCUT2D eigenvalue weighted by Crippen LogP contribution is -2.28. The smallest absolute Gasteiger partial charge is 0.0628 e. The first-order valence-corrected chi connectivity index (χ1v) is 6.23. The summed E-state index contributed by atoms with van der Waals surface area (Å²) in [7, 11) is 0. The largest absolute Gasteiger partial charge is 0.399 e. The van der Waals surface area contributed by atoms with Gasteiger partial charge in [-0.25, -0.2) is 0 Å². The van der Waals surface area contributed by atoms with Crippen LogP contribution in [0, 0.1) is 16.7 Å². The fourth-order valence-corrected chi connectivity index (χ4v) is 2.79. The highest BCUT2D eigenvalue weighted by atomic mass is 15.2. The maximum Gasteiger partial charge on any atom is 0.0628 e. The lowest BCUT2D eigenvalue weighted by Gasteiger charge is -2.24. The van der Waals surface area contributed by atoms with E-state index in [1.807, 2.05) is 6.07 Å². The number of hydrogen-bond acceptors (Lipinski definition) is 3. The predicted molar refractivity (Wildman–Crippen MR) is 68.7 cm³/mol. The van der Waals surface area contributed by atoms with E-state index in [9.17, 15) is 0 Å². The van der Waals surface area contributed by atoms with Crippen LogP contribution in [0.25, 0.3) is 0 Å². The van der Waals surface area contributed by atoms with Crippen molar-refractivity contribution >= 4 is 11.4 Å². The Balaban J connectivity index is 1.78. The van der Waals surface area contributed by atoms with E-state index in [0.717, 1.165) is 25.2 Å². The average Bonchev–Trinajstić information content (AvgIpc) is 2.94. The lowest BCUT2D eigenvalue weighted by atomic mass is 10.0. The Morgan fingerprint density at radius 2 is 2.24 bits per heavy atom. The van der Waals surface area contributed by atoms with Crippen LogP contribution in [0.1, 0.15) is 24.8 Å². The number of fused-ring (bicyclic) bond motifs is 1. The van der Waals surface area contributed by atoms with E-state index >= 15 is 0 Å². The van der Waals surface area contributed by atoms with Crippen molar-refractivity contribution in [1.29, 1.82) is 5.26 Å². The van der Waals surface area contributed by atoms with Crippen LogP contribution < -0.4 is 10.6 Å². The summed E-state index contributed by atoms with van der Waals surface area (Å²) in [6.45, 7) is 2.11. The summed E-state index contributed by atoms with van der Waals surface area (Å²) in [6.07, 6.45) is 4.21. The van der Waals surface area contributed by atoms with Gasteiger partial charge >= 0.3 is 0 Å². The van der Waals surface area contributed by atoms with Gasteiger partial charge in [-0.1, -0.05) is 0 Å². The van der Waals surface area contributed by atoms with Crippen LogP contribution in [-0.2, 0) is 6.42 Å². The van der Waals surface area contributed by atoms with Gasteiger partial charge in [-0.05, 0) is 43.0 Å². The molecule has 0 amide bonds. The summed E-state index contributed by atoms with van der Waals surface area (Å²) < 4.78 is 0. The van der Waals surface area contributed by atoms with E-state index in [4.69, 9.17) is 11.0 Å². The van der Waals surface area contributed by atoms with Crippen molar-refractivity contribution in [1.82, 2.24) is 0 Å². The van der Waals surface area contributed by atoms with Crippen molar-refractivity contribution < 1.29 is 0 Å². The Labute approximate surface area is 102 Å². The second kappa shape index (κ2) is 3.66. The van der Waals surface area contributed by atoms with Crippen molar-refractivity contribution in [2.24, 2.45) is 5.41 Å². The van der Waals surface area contributed by atoms with Crippen molar-refractivity contribution in [2.75, 3.05) is 23.7 Å². The van der Waals surface area contributed by atoms with Gasteiger partial charge in [-0.3, -0.25) is 0 Å². The van der Waals surface area contributed by atoms with Gasteiger partial charge in [0, 0.05) is 36.3 Å². The van der Waals surface area contributed by atoms with Gasteiger partial charge in [0.15, 0.2) is 0 Å². The fourth-order valence-electron chi connectivity index (χ4n) is 2.79. The Bertz CT molecular complexity index is 483. The molecule has 2 N–H and O–H groups in total. The molecule has 0 aromatic heterocycles. The molecule has 1 heterocycles. The molecular formula is C14H17N3. The molecule has 1 aliphatic heterocycles. The molecule has 0 spiro atoms. The molecule has 3 nitrogen and oxygen atoms in total. The molecule has 1 aromatic rings. The zero-order valence-corrected chi connectivity index (χ0v) is 9.95. The molecule has 88 valence electrons. The first-order chi connectivity index (χ1) is 8.22. The number of nitrogen functional groups attached to an aromatic ring is 1. The van der Waals surface area contributed by atoms with Gasteiger partial charge in [-0.15, -0.1) is 0 Å². The zero-order valence-electron chi connectivity index (χ0n) is 9.95. The summed E-state index contributed by atoms with van der Waals surface area (Å²) in [5.74, 6) is 0. The standard InChI is InChI=1S/C14H17N3/c15-7-6-14(4-5-14)10-17-8-3-11-9-12(16)1-2-13(11)17/h1-2,9H,3-6,8,10,16H2. The molecule has 1 saturated carbocycles. The quantitative estimate of drug-likeness (QED) is 0.806. The molecule has 1 aromatic carbocycles. The monoisotopic (exact) mass is 227 g/mol. The van der Waals surface area contributed by atoms with Crippen LogP contribution >= 0.6 is 0 Å². The highest BCUT2D eigenvalue weighted by molar-refractivity contribution is 5.63. The summed E-state index contributed by atoms with van der Waals surface area (Å²) in [6, 6.07) is 8.51. The summed E-state index contributed by atoms with van der Waals surface area (Å²) in [4.78, 5) is 2.43. The first kappa shape index (κ1) is 10.5. The Morgan fingerprint density at radius 1 is 1.41 bits per heavy atom. The van der Waals surface area contributed by atoms with Crippen LogP contribution in [-0.4, -0.2) is 13.1 Å². The van der Waals surface area contributed by atoms with E-state index in [0.29, 0.717) is 6.42 Å². The molecule has 0 radical (unpaired) electrons. The van der Waals surface area contributed by atoms with Gasteiger partial charge in [0.05, 0.1) is 6.07 Å². The molecule has 0 bridgehead atoms. The van der Waals surface area contributed by atoms with Crippen LogP contribution in [0.3, 0.4) is 0 Å². The van der Waals surface area contributed by atoms with Crippen LogP contribution in [0.4, 0.5) is 11.4 Å². The molecule has 1 fully saturated rings. The van der Waals surface area contributed by atoms with E-state index in [2.05, 4.69) is 23.1 Å². The van der Waals surface area contributed by atoms with E-state index in [-0.39, 0.29) is 5.41 Å². The Morgan fingerprint density at radius 3 is 2.94 bits per heavy atom. The molecule has 0 saturated heterocycles. The maximum atomic E-state index is 8.86. The van der Waals surface area contributed by atoms with Gasteiger partial charge < -0.3 is 10.6 Å².